The first-order chi connectivity index (χ1) is 10.3. The Labute approximate surface area is 128 Å². The smallest absolute Gasteiger partial charge is 0.416 e. The first kappa shape index (κ1) is 16.2. The Morgan fingerprint density at radius 2 is 1.91 bits per heavy atom. The van der Waals surface area contributed by atoms with Crippen LogP contribution in [0.25, 0.3) is 0 Å². The monoisotopic (exact) mass is 328 g/mol. The van der Waals surface area contributed by atoms with Gasteiger partial charge in [-0.2, -0.15) is 13.2 Å². The number of halogens is 3. The van der Waals surface area contributed by atoms with E-state index < -0.39 is 23.5 Å². The number of rotatable bonds is 4. The Balaban J connectivity index is 2.23. The van der Waals surface area contributed by atoms with E-state index in [1.54, 1.807) is 6.07 Å². The highest BCUT2D eigenvalue weighted by Gasteiger charge is 2.31. The summed E-state index contributed by atoms with van der Waals surface area (Å²) >= 11 is 1.06. The summed E-state index contributed by atoms with van der Waals surface area (Å²) in [6.45, 7) is 0. The summed E-state index contributed by atoms with van der Waals surface area (Å²) in [6, 6.07) is 7.33. The van der Waals surface area contributed by atoms with Crippen molar-refractivity contribution in [3.63, 3.8) is 0 Å². The van der Waals surface area contributed by atoms with Crippen LogP contribution in [0.3, 0.4) is 0 Å². The van der Waals surface area contributed by atoms with Crippen molar-refractivity contribution in [3.05, 3.63) is 57.3 Å². The molecular weight excluding hydrogens is 317 g/mol. The number of ketones is 1. The standard InChI is InChI=1S/C15H11F3O3S/c1-21-13(19)8-11-5-6-12(22-11)14(20)9-3-2-4-10(7-9)15(16,17)18/h2-7H,8H2,1H3. The highest BCUT2D eigenvalue weighted by molar-refractivity contribution is 7.14. The SMILES string of the molecule is COC(=O)Cc1ccc(C(=O)c2cccc(C(F)(F)F)c2)s1. The minimum Gasteiger partial charge on any atom is -0.469 e. The highest BCUT2D eigenvalue weighted by Crippen LogP contribution is 2.30. The molecule has 0 bridgehead atoms. The van der Waals surface area contributed by atoms with Gasteiger partial charge in [-0.15, -0.1) is 11.3 Å². The van der Waals surface area contributed by atoms with Crippen molar-refractivity contribution >= 4 is 23.1 Å². The minimum atomic E-state index is -4.50. The van der Waals surface area contributed by atoms with Crippen LogP contribution in [-0.4, -0.2) is 18.9 Å². The van der Waals surface area contributed by atoms with Crippen LogP contribution in [0, 0.1) is 0 Å². The van der Waals surface area contributed by atoms with E-state index in [4.69, 9.17) is 0 Å². The van der Waals surface area contributed by atoms with Crippen molar-refractivity contribution in [1.29, 1.82) is 0 Å². The molecule has 0 spiro atoms. The number of hydrogen-bond acceptors (Lipinski definition) is 4. The van der Waals surface area contributed by atoms with E-state index in [-0.39, 0.29) is 16.9 Å². The van der Waals surface area contributed by atoms with E-state index >= 15 is 0 Å². The van der Waals surface area contributed by atoms with E-state index in [0.29, 0.717) is 4.88 Å². The summed E-state index contributed by atoms with van der Waals surface area (Å²) in [5, 5.41) is 0. The molecule has 0 saturated carbocycles. The van der Waals surface area contributed by atoms with Gasteiger partial charge in [-0.1, -0.05) is 12.1 Å². The van der Waals surface area contributed by atoms with Crippen LogP contribution in [0.5, 0.6) is 0 Å². The second-order valence-corrected chi connectivity index (χ2v) is 5.59. The van der Waals surface area contributed by atoms with Crippen molar-refractivity contribution in [2.24, 2.45) is 0 Å². The van der Waals surface area contributed by atoms with Crippen LogP contribution >= 0.6 is 11.3 Å². The zero-order valence-electron chi connectivity index (χ0n) is 11.4. The lowest BCUT2D eigenvalue weighted by atomic mass is 10.1. The normalized spacial score (nSPS) is 11.3. The number of carbonyl (C=O) groups is 2. The third-order valence-electron chi connectivity index (χ3n) is 2.88. The summed E-state index contributed by atoms with van der Waals surface area (Å²) in [6.07, 6.45) is -4.47. The molecule has 0 aliphatic heterocycles. The fourth-order valence-electron chi connectivity index (χ4n) is 1.79. The molecule has 0 N–H and O–H groups in total. The van der Waals surface area contributed by atoms with Crippen LogP contribution in [0.1, 0.15) is 25.7 Å². The van der Waals surface area contributed by atoms with Gasteiger partial charge in [0.25, 0.3) is 0 Å². The molecule has 0 aliphatic carbocycles. The van der Waals surface area contributed by atoms with Gasteiger partial charge in [0.05, 0.1) is 24.0 Å². The maximum Gasteiger partial charge on any atom is 0.416 e. The van der Waals surface area contributed by atoms with Crippen LogP contribution in [0.2, 0.25) is 0 Å². The van der Waals surface area contributed by atoms with Crippen molar-refractivity contribution in [1.82, 2.24) is 0 Å². The fraction of sp³-hybridized carbons (Fsp3) is 0.200. The predicted octanol–water partition coefficient (Wildman–Crippen LogP) is 3.71. The largest absolute Gasteiger partial charge is 0.469 e. The number of thiophene rings is 1. The fourth-order valence-corrected chi connectivity index (χ4v) is 2.74. The van der Waals surface area contributed by atoms with Gasteiger partial charge in [-0.05, 0) is 24.3 Å². The number of alkyl halides is 3. The average molecular weight is 328 g/mol. The molecule has 2 aromatic rings. The second-order valence-electron chi connectivity index (χ2n) is 4.43. The third-order valence-corrected chi connectivity index (χ3v) is 3.97. The van der Waals surface area contributed by atoms with Gasteiger partial charge in [0.15, 0.2) is 0 Å². The number of hydrogen-bond donors (Lipinski definition) is 0. The molecule has 22 heavy (non-hydrogen) atoms. The third kappa shape index (κ3) is 3.73. The number of carbonyl (C=O) groups excluding carboxylic acids is 2. The van der Waals surface area contributed by atoms with Crippen molar-refractivity contribution < 1.29 is 27.5 Å². The molecule has 1 aromatic heterocycles. The maximum atomic E-state index is 12.7. The van der Waals surface area contributed by atoms with E-state index in [1.165, 1.54) is 25.3 Å². The Kier molecular flexibility index (Phi) is 4.65. The molecule has 0 amide bonds. The Morgan fingerprint density at radius 1 is 1.18 bits per heavy atom. The molecule has 0 unspecified atom stereocenters. The molecule has 0 fully saturated rings. The van der Waals surface area contributed by atoms with Crippen molar-refractivity contribution in [2.75, 3.05) is 7.11 Å². The van der Waals surface area contributed by atoms with E-state index in [1.807, 2.05) is 0 Å². The average Bonchev–Trinajstić information content (AvgIpc) is 2.94. The minimum absolute atomic E-state index is 0.0248. The van der Waals surface area contributed by atoms with Gasteiger partial charge in [0, 0.05) is 10.4 Å². The zero-order valence-corrected chi connectivity index (χ0v) is 12.3. The molecule has 3 nitrogen and oxygen atoms in total. The lowest BCUT2D eigenvalue weighted by molar-refractivity contribution is -0.140. The summed E-state index contributed by atoms with van der Waals surface area (Å²) in [7, 11) is 1.25. The number of esters is 1. The molecule has 7 heteroatoms. The molecule has 1 heterocycles. The zero-order chi connectivity index (χ0) is 16.3. The molecule has 116 valence electrons. The first-order valence-corrected chi connectivity index (χ1v) is 7.00. The van der Waals surface area contributed by atoms with Crippen molar-refractivity contribution in [2.45, 2.75) is 12.6 Å². The molecule has 0 radical (unpaired) electrons. The van der Waals surface area contributed by atoms with Gasteiger partial charge < -0.3 is 4.74 Å². The van der Waals surface area contributed by atoms with Crippen molar-refractivity contribution in [3.8, 4) is 0 Å². The van der Waals surface area contributed by atoms with E-state index in [2.05, 4.69) is 4.74 Å². The molecule has 0 atom stereocenters. The first-order valence-electron chi connectivity index (χ1n) is 6.18. The Hall–Kier alpha value is -2.15. The Morgan fingerprint density at radius 3 is 2.55 bits per heavy atom. The summed E-state index contributed by atoms with van der Waals surface area (Å²) in [5.41, 5.74) is -0.911. The number of benzene rings is 1. The quantitative estimate of drug-likeness (QED) is 0.635. The van der Waals surface area contributed by atoms with Crippen LogP contribution in [0.4, 0.5) is 13.2 Å². The van der Waals surface area contributed by atoms with E-state index in [0.717, 1.165) is 23.5 Å². The summed E-state index contributed by atoms with van der Waals surface area (Å²) in [4.78, 5) is 24.3. The summed E-state index contributed by atoms with van der Waals surface area (Å²) < 4.78 is 42.5. The second kappa shape index (κ2) is 6.31. The van der Waals surface area contributed by atoms with Gasteiger partial charge in [0.1, 0.15) is 0 Å². The lowest BCUT2D eigenvalue weighted by Gasteiger charge is -2.07. The molecule has 0 aliphatic rings. The number of ether oxygens (including phenoxy) is 1. The van der Waals surface area contributed by atoms with Gasteiger partial charge >= 0.3 is 12.1 Å². The predicted molar refractivity (Wildman–Crippen MR) is 74.9 cm³/mol. The summed E-state index contributed by atoms with van der Waals surface area (Å²) in [5.74, 6) is -0.952. The lowest BCUT2D eigenvalue weighted by Crippen LogP contribution is -2.07. The number of methoxy groups -OCH3 is 1. The Bertz CT molecular complexity index is 704. The molecule has 1 aromatic carbocycles. The van der Waals surface area contributed by atoms with Gasteiger partial charge in [0.2, 0.25) is 5.78 Å². The van der Waals surface area contributed by atoms with Gasteiger partial charge in [-0.3, -0.25) is 9.59 Å². The maximum absolute atomic E-state index is 12.7. The highest BCUT2D eigenvalue weighted by atomic mass is 32.1. The van der Waals surface area contributed by atoms with Crippen LogP contribution in [-0.2, 0) is 22.1 Å². The van der Waals surface area contributed by atoms with Gasteiger partial charge in [-0.25, -0.2) is 0 Å². The molecule has 0 saturated heterocycles. The molecule has 2 rings (SSSR count). The van der Waals surface area contributed by atoms with E-state index in [9.17, 15) is 22.8 Å². The topological polar surface area (TPSA) is 43.4 Å². The van der Waals surface area contributed by atoms with Crippen LogP contribution in [0.15, 0.2) is 36.4 Å². The molecular formula is C15H11F3O3S. The van der Waals surface area contributed by atoms with Crippen LogP contribution < -0.4 is 0 Å².